The molecule has 1 aromatic carbocycles. The first kappa shape index (κ1) is 17.5. The van der Waals surface area contributed by atoms with E-state index in [2.05, 4.69) is 10.6 Å². The van der Waals surface area contributed by atoms with Gasteiger partial charge in [0.05, 0.1) is 24.8 Å². The maximum atomic E-state index is 12.5. The van der Waals surface area contributed by atoms with E-state index in [1.807, 2.05) is 24.3 Å². The Balaban J connectivity index is 1.68. The molecule has 0 aromatic heterocycles. The first-order valence-electron chi connectivity index (χ1n) is 8.72. The molecule has 2 fully saturated rings. The molecule has 3 atom stereocenters. The first-order chi connectivity index (χ1) is 11.6. The van der Waals surface area contributed by atoms with E-state index in [0.29, 0.717) is 30.6 Å². The Hall–Kier alpha value is -1.30. The summed E-state index contributed by atoms with van der Waals surface area (Å²) in [6, 6.07) is 7.00. The average Bonchev–Trinajstić information content (AvgIpc) is 3.09. The Morgan fingerprint density at radius 2 is 2.08 bits per heavy atom. The van der Waals surface area contributed by atoms with Crippen LogP contribution < -0.4 is 10.6 Å². The lowest BCUT2D eigenvalue weighted by atomic mass is 9.91. The molecule has 2 amide bonds. The van der Waals surface area contributed by atoms with Gasteiger partial charge in [-0.2, -0.15) is 0 Å². The van der Waals surface area contributed by atoms with Crippen LogP contribution in [0.2, 0.25) is 5.02 Å². The quantitative estimate of drug-likeness (QED) is 0.780. The summed E-state index contributed by atoms with van der Waals surface area (Å²) in [7, 11) is 0. The van der Waals surface area contributed by atoms with Crippen LogP contribution in [0.25, 0.3) is 0 Å². The molecule has 1 aliphatic carbocycles. The number of rotatable bonds is 4. The maximum Gasteiger partial charge on any atom is 0.315 e. The molecular weight excluding hydrogens is 328 g/mol. The van der Waals surface area contributed by atoms with Crippen LogP contribution in [0.5, 0.6) is 0 Å². The molecule has 5 nitrogen and oxygen atoms in total. The van der Waals surface area contributed by atoms with Crippen LogP contribution in [-0.4, -0.2) is 36.5 Å². The molecule has 0 bridgehead atoms. The highest BCUT2D eigenvalue weighted by Gasteiger charge is 2.30. The minimum absolute atomic E-state index is 0.0622. The molecule has 132 valence electrons. The second kappa shape index (κ2) is 8.19. The predicted octanol–water partition coefficient (Wildman–Crippen LogP) is 3.02. The highest BCUT2D eigenvalue weighted by molar-refractivity contribution is 6.30. The molecule has 6 heteroatoms. The molecule has 1 saturated carbocycles. The molecule has 1 saturated heterocycles. The molecule has 1 aromatic rings. The molecule has 2 aliphatic rings. The van der Waals surface area contributed by atoms with Crippen LogP contribution in [0, 0.1) is 5.92 Å². The van der Waals surface area contributed by atoms with Crippen LogP contribution in [0.3, 0.4) is 0 Å². The van der Waals surface area contributed by atoms with Gasteiger partial charge in [0.25, 0.3) is 0 Å². The number of benzene rings is 1. The minimum Gasteiger partial charge on any atom is -0.391 e. The molecule has 1 heterocycles. The van der Waals surface area contributed by atoms with Crippen LogP contribution in [0.4, 0.5) is 4.79 Å². The zero-order chi connectivity index (χ0) is 16.9. The van der Waals surface area contributed by atoms with Crippen molar-refractivity contribution in [2.45, 2.75) is 50.3 Å². The summed E-state index contributed by atoms with van der Waals surface area (Å²) in [5.41, 5.74) is 1.03. The van der Waals surface area contributed by atoms with Gasteiger partial charge < -0.3 is 20.5 Å². The summed E-state index contributed by atoms with van der Waals surface area (Å²) >= 11 is 6.13. The van der Waals surface area contributed by atoms with E-state index < -0.39 is 6.10 Å². The van der Waals surface area contributed by atoms with Gasteiger partial charge in [0, 0.05) is 11.6 Å². The molecular formula is C18H25ClN2O3. The second-order valence-electron chi connectivity index (χ2n) is 6.73. The third-order valence-electron chi connectivity index (χ3n) is 5.00. The summed E-state index contributed by atoms with van der Waals surface area (Å²) < 4.78 is 5.34. The fourth-order valence-corrected chi connectivity index (χ4v) is 3.88. The largest absolute Gasteiger partial charge is 0.391 e. The Labute approximate surface area is 147 Å². The second-order valence-corrected chi connectivity index (χ2v) is 7.17. The van der Waals surface area contributed by atoms with E-state index in [1.54, 1.807) is 0 Å². The van der Waals surface area contributed by atoms with Crippen molar-refractivity contribution in [3.8, 4) is 0 Å². The van der Waals surface area contributed by atoms with Crippen molar-refractivity contribution in [2.75, 3.05) is 13.2 Å². The van der Waals surface area contributed by atoms with Gasteiger partial charge in [-0.15, -0.1) is 0 Å². The number of amides is 2. The van der Waals surface area contributed by atoms with E-state index in [4.69, 9.17) is 16.3 Å². The Morgan fingerprint density at radius 3 is 2.79 bits per heavy atom. The number of hydrogen-bond donors (Lipinski definition) is 3. The van der Waals surface area contributed by atoms with Crippen molar-refractivity contribution < 1.29 is 14.6 Å². The Bertz CT molecular complexity index is 563. The predicted molar refractivity (Wildman–Crippen MR) is 93.0 cm³/mol. The topological polar surface area (TPSA) is 70.6 Å². The maximum absolute atomic E-state index is 12.5. The van der Waals surface area contributed by atoms with E-state index in [-0.39, 0.29) is 18.1 Å². The molecule has 24 heavy (non-hydrogen) atoms. The van der Waals surface area contributed by atoms with Gasteiger partial charge in [0.15, 0.2) is 0 Å². The number of carbonyl (C=O) groups excluding carboxylic acids is 1. The van der Waals surface area contributed by atoms with Crippen molar-refractivity contribution in [1.82, 2.24) is 10.6 Å². The zero-order valence-corrected chi connectivity index (χ0v) is 14.5. The van der Waals surface area contributed by atoms with Crippen LogP contribution in [0.1, 0.15) is 43.7 Å². The summed E-state index contributed by atoms with van der Waals surface area (Å²) in [6.07, 6.45) is 4.59. The van der Waals surface area contributed by atoms with E-state index >= 15 is 0 Å². The van der Waals surface area contributed by atoms with Crippen LogP contribution in [0.15, 0.2) is 24.3 Å². The number of halogens is 1. The highest BCUT2D eigenvalue weighted by atomic mass is 35.5. The lowest BCUT2D eigenvalue weighted by Crippen LogP contribution is -2.53. The van der Waals surface area contributed by atoms with Gasteiger partial charge in [-0.3, -0.25) is 0 Å². The van der Waals surface area contributed by atoms with Gasteiger partial charge >= 0.3 is 6.03 Å². The first-order valence-corrected chi connectivity index (χ1v) is 9.09. The monoisotopic (exact) mass is 352 g/mol. The van der Waals surface area contributed by atoms with Gasteiger partial charge in [-0.25, -0.2) is 4.79 Å². The number of urea groups is 1. The van der Waals surface area contributed by atoms with Gasteiger partial charge in [0.1, 0.15) is 0 Å². The number of nitrogens with one attached hydrogen (secondary N) is 2. The molecule has 0 radical (unpaired) electrons. The molecule has 3 rings (SSSR count). The van der Waals surface area contributed by atoms with Crippen molar-refractivity contribution in [2.24, 2.45) is 5.92 Å². The van der Waals surface area contributed by atoms with E-state index in [9.17, 15) is 9.90 Å². The zero-order valence-electron chi connectivity index (χ0n) is 13.7. The van der Waals surface area contributed by atoms with Crippen LogP contribution in [-0.2, 0) is 4.74 Å². The van der Waals surface area contributed by atoms with Crippen molar-refractivity contribution in [3.63, 3.8) is 0 Å². The van der Waals surface area contributed by atoms with Gasteiger partial charge in [-0.1, -0.05) is 36.6 Å². The molecule has 0 unspecified atom stereocenters. The third-order valence-corrected chi connectivity index (χ3v) is 5.24. The van der Waals surface area contributed by atoms with E-state index in [1.165, 1.54) is 12.8 Å². The van der Waals surface area contributed by atoms with E-state index in [0.717, 1.165) is 18.4 Å². The molecule has 1 aliphatic heterocycles. The highest BCUT2D eigenvalue weighted by Crippen LogP contribution is 2.36. The number of carbonyl (C=O) groups is 1. The summed E-state index contributed by atoms with van der Waals surface area (Å²) in [5, 5.41) is 16.6. The SMILES string of the molecule is O=C(N[C@H](c1cccc(Cl)c1)C1CCCC1)N[C@H]1COCC[C@H]1O. The number of ether oxygens (including phenoxy) is 1. The smallest absolute Gasteiger partial charge is 0.315 e. The fraction of sp³-hybridized carbons (Fsp3) is 0.611. The minimum atomic E-state index is -0.555. The normalized spacial score (nSPS) is 26.1. The van der Waals surface area contributed by atoms with Crippen molar-refractivity contribution in [3.05, 3.63) is 34.9 Å². The average molecular weight is 353 g/mol. The van der Waals surface area contributed by atoms with Gasteiger partial charge in [-0.05, 0) is 42.9 Å². The Kier molecular flexibility index (Phi) is 5.98. The Morgan fingerprint density at radius 1 is 1.29 bits per heavy atom. The lowest BCUT2D eigenvalue weighted by molar-refractivity contribution is -0.0119. The molecule has 0 spiro atoms. The summed E-state index contributed by atoms with van der Waals surface area (Å²) in [6.45, 7) is 0.883. The number of hydrogen-bond acceptors (Lipinski definition) is 3. The van der Waals surface area contributed by atoms with Crippen LogP contribution >= 0.6 is 11.6 Å². The third kappa shape index (κ3) is 4.41. The molecule has 3 N–H and O–H groups in total. The number of aliphatic hydroxyl groups excluding tert-OH is 1. The van der Waals surface area contributed by atoms with Crippen molar-refractivity contribution in [1.29, 1.82) is 0 Å². The standard InChI is InChI=1S/C18H25ClN2O3/c19-14-7-3-6-13(10-14)17(12-4-1-2-5-12)21-18(23)20-15-11-24-9-8-16(15)22/h3,6-7,10,12,15-17,22H,1-2,4-5,8-9,11H2,(H2,20,21,23)/t15-,16+,17-/m0/s1. The van der Waals surface area contributed by atoms with Gasteiger partial charge in [0.2, 0.25) is 0 Å². The number of aliphatic hydroxyl groups is 1. The lowest BCUT2D eigenvalue weighted by Gasteiger charge is -2.30. The fourth-order valence-electron chi connectivity index (χ4n) is 3.68. The summed E-state index contributed by atoms with van der Waals surface area (Å²) in [5.74, 6) is 0.418. The van der Waals surface area contributed by atoms with Crippen molar-refractivity contribution >= 4 is 17.6 Å². The summed E-state index contributed by atoms with van der Waals surface area (Å²) in [4.78, 5) is 12.5.